The second-order valence-electron chi connectivity index (χ2n) is 6.00. The number of nitrogens with zero attached hydrogens (tertiary/aromatic N) is 1. The molecule has 1 aromatic heterocycles. The van der Waals surface area contributed by atoms with E-state index >= 15 is 0 Å². The molecule has 1 heterocycles. The van der Waals surface area contributed by atoms with Crippen LogP contribution in [0.2, 0.25) is 0 Å². The Labute approximate surface area is 145 Å². The van der Waals surface area contributed by atoms with Crippen molar-refractivity contribution in [1.82, 2.24) is 4.98 Å². The fourth-order valence-electron chi connectivity index (χ4n) is 3.79. The van der Waals surface area contributed by atoms with Crippen molar-refractivity contribution < 1.29 is 14.7 Å². The summed E-state index contributed by atoms with van der Waals surface area (Å²) in [7, 11) is 0. The molecule has 2 aliphatic rings. The minimum atomic E-state index is -0.895. The molecule has 22 heavy (non-hydrogen) atoms. The predicted octanol–water partition coefficient (Wildman–Crippen LogP) is 2.82. The van der Waals surface area contributed by atoms with Crippen molar-refractivity contribution in [2.75, 3.05) is 5.32 Å². The molecule has 0 spiro atoms. The third-order valence-corrected chi connectivity index (χ3v) is 7.91. The lowest BCUT2D eigenvalue weighted by atomic mass is 9.78. The fraction of sp³-hybridized carbons (Fsp3) is 0.533. The molecule has 2 bridgehead atoms. The number of carbonyl (C=O) groups is 2. The summed E-state index contributed by atoms with van der Waals surface area (Å²) in [6, 6.07) is 5.37. The van der Waals surface area contributed by atoms with Crippen molar-refractivity contribution in [2.24, 2.45) is 23.7 Å². The minimum absolute atomic E-state index is 0.0203. The molecule has 0 radical (unpaired) electrons. The maximum absolute atomic E-state index is 12.6. The molecule has 3 rings (SSSR count). The molecule has 2 saturated carbocycles. The predicted molar refractivity (Wildman–Crippen MR) is 89.2 cm³/mol. The highest BCUT2D eigenvalue weighted by Crippen LogP contribution is 2.57. The molecule has 0 aromatic carbocycles. The monoisotopic (exact) mass is 430 g/mol. The molecule has 2 fully saturated rings. The second kappa shape index (κ2) is 5.92. The topological polar surface area (TPSA) is 79.3 Å². The molecule has 7 heteroatoms. The van der Waals surface area contributed by atoms with E-state index in [1.54, 1.807) is 6.07 Å². The van der Waals surface area contributed by atoms with E-state index in [2.05, 4.69) is 42.2 Å². The summed E-state index contributed by atoms with van der Waals surface area (Å²) in [5, 5.41) is 12.3. The summed E-state index contributed by atoms with van der Waals surface area (Å²) in [5.41, 5.74) is 0.805. The van der Waals surface area contributed by atoms with Gasteiger partial charge >= 0.3 is 5.97 Å². The van der Waals surface area contributed by atoms with Gasteiger partial charge in [0.1, 0.15) is 5.82 Å². The largest absolute Gasteiger partial charge is 0.481 e. The number of hydrogen-bond acceptors (Lipinski definition) is 3. The maximum Gasteiger partial charge on any atom is 0.307 e. The zero-order valence-electron chi connectivity index (χ0n) is 11.9. The van der Waals surface area contributed by atoms with Gasteiger partial charge in [0.15, 0.2) is 0 Å². The molecular weight excluding hydrogens is 416 g/mol. The highest BCUT2D eigenvalue weighted by atomic mass is 79.9. The highest BCUT2D eigenvalue weighted by molar-refractivity contribution is 9.12. The Morgan fingerprint density at radius 1 is 1.23 bits per heavy atom. The number of amides is 1. The van der Waals surface area contributed by atoms with Gasteiger partial charge in [0.2, 0.25) is 5.91 Å². The van der Waals surface area contributed by atoms with Crippen LogP contribution in [0.25, 0.3) is 0 Å². The number of fused-ring (bicyclic) bond motifs is 2. The molecule has 1 aromatic rings. The van der Waals surface area contributed by atoms with Gasteiger partial charge in [-0.2, -0.15) is 0 Å². The number of aromatic nitrogens is 1. The molecule has 118 valence electrons. The van der Waals surface area contributed by atoms with E-state index in [4.69, 9.17) is 0 Å². The molecular formula is C15H16Br2N2O3. The first-order valence-corrected chi connectivity index (χ1v) is 8.98. The lowest BCUT2D eigenvalue weighted by molar-refractivity contribution is -0.148. The van der Waals surface area contributed by atoms with Gasteiger partial charge in [-0.3, -0.25) is 9.59 Å². The average molecular weight is 432 g/mol. The van der Waals surface area contributed by atoms with E-state index in [0.717, 1.165) is 12.1 Å². The van der Waals surface area contributed by atoms with Crippen LogP contribution in [0.5, 0.6) is 0 Å². The van der Waals surface area contributed by atoms with Crippen molar-refractivity contribution >= 4 is 49.6 Å². The summed E-state index contributed by atoms with van der Waals surface area (Å²) in [6.07, 6.45) is 0.752. The molecule has 2 aliphatic carbocycles. The number of rotatable bonds is 3. The number of aliphatic carboxylic acids is 1. The first kappa shape index (κ1) is 15.9. The number of alkyl halides is 2. The zero-order chi connectivity index (χ0) is 16.0. The van der Waals surface area contributed by atoms with Crippen LogP contribution in [-0.4, -0.2) is 31.6 Å². The Kier molecular flexibility index (Phi) is 4.29. The van der Waals surface area contributed by atoms with E-state index in [-0.39, 0.29) is 27.4 Å². The third kappa shape index (κ3) is 2.58. The molecule has 5 nitrogen and oxygen atoms in total. The zero-order valence-corrected chi connectivity index (χ0v) is 15.0. The number of hydrogen-bond donors (Lipinski definition) is 2. The number of carbonyl (C=O) groups excluding carboxylic acids is 1. The van der Waals surface area contributed by atoms with Crippen LogP contribution < -0.4 is 5.32 Å². The van der Waals surface area contributed by atoms with Gasteiger partial charge < -0.3 is 10.4 Å². The lowest BCUT2D eigenvalue weighted by Crippen LogP contribution is -2.45. The number of carboxylic acids is 1. The van der Waals surface area contributed by atoms with Crippen LogP contribution in [0.3, 0.4) is 0 Å². The summed E-state index contributed by atoms with van der Waals surface area (Å²) >= 11 is 7.18. The van der Waals surface area contributed by atoms with Gasteiger partial charge in [-0.05, 0) is 37.3 Å². The van der Waals surface area contributed by atoms with Gasteiger partial charge in [0.25, 0.3) is 0 Å². The van der Waals surface area contributed by atoms with Crippen molar-refractivity contribution in [2.45, 2.75) is 23.0 Å². The van der Waals surface area contributed by atoms with E-state index in [1.165, 1.54) is 0 Å². The first-order chi connectivity index (χ1) is 10.4. The lowest BCUT2D eigenvalue weighted by Gasteiger charge is -2.33. The number of pyridine rings is 1. The molecule has 6 atom stereocenters. The second-order valence-corrected chi connectivity index (χ2v) is 8.11. The highest BCUT2D eigenvalue weighted by Gasteiger charge is 2.61. The van der Waals surface area contributed by atoms with Gasteiger partial charge in [0, 0.05) is 15.3 Å². The first-order valence-electron chi connectivity index (χ1n) is 7.15. The number of carboxylic acid groups (broad SMARTS) is 1. The Morgan fingerprint density at radius 2 is 1.86 bits per heavy atom. The smallest absolute Gasteiger partial charge is 0.307 e. The standard InChI is InChI=1S/C15H16Br2N2O3/c1-6-3-2-4-9(18-6)19-14(20)10-7-5-8(11(10)15(21)22)13(17)12(7)16/h2-4,7-8,10-13H,5H2,1H3,(H,21,22)(H,18,19,20). The number of aryl methyl sites for hydroxylation is 1. The van der Waals surface area contributed by atoms with Gasteiger partial charge in [-0.1, -0.05) is 37.9 Å². The summed E-state index contributed by atoms with van der Waals surface area (Å²) in [5.74, 6) is -1.83. The molecule has 1 amide bonds. The van der Waals surface area contributed by atoms with Crippen LogP contribution in [0, 0.1) is 30.6 Å². The number of halogens is 2. The third-order valence-electron chi connectivity index (χ3n) is 4.70. The summed E-state index contributed by atoms with van der Waals surface area (Å²) in [4.78, 5) is 28.7. The Hall–Kier alpha value is -0.950. The van der Waals surface area contributed by atoms with Crippen molar-refractivity contribution in [3.63, 3.8) is 0 Å². The number of nitrogens with one attached hydrogen (secondary N) is 1. The van der Waals surface area contributed by atoms with E-state index < -0.39 is 17.8 Å². The summed E-state index contributed by atoms with van der Waals surface area (Å²) < 4.78 is 0. The van der Waals surface area contributed by atoms with Gasteiger partial charge in [-0.25, -0.2) is 4.98 Å². The van der Waals surface area contributed by atoms with Crippen LogP contribution in [0.15, 0.2) is 18.2 Å². The van der Waals surface area contributed by atoms with E-state index in [0.29, 0.717) is 5.82 Å². The number of anilines is 1. The molecule has 6 unspecified atom stereocenters. The van der Waals surface area contributed by atoms with E-state index in [1.807, 2.05) is 19.1 Å². The van der Waals surface area contributed by atoms with Crippen molar-refractivity contribution in [1.29, 1.82) is 0 Å². The van der Waals surface area contributed by atoms with Crippen LogP contribution >= 0.6 is 31.9 Å². The SMILES string of the molecule is Cc1cccc(NC(=O)C2C3CC(C(Br)C3Br)C2C(=O)O)n1. The minimum Gasteiger partial charge on any atom is -0.481 e. The normalized spacial score (nSPS) is 36.3. The Balaban J connectivity index is 1.83. The van der Waals surface area contributed by atoms with Crippen molar-refractivity contribution in [3.8, 4) is 0 Å². The Bertz CT molecular complexity index is 625. The molecule has 0 aliphatic heterocycles. The maximum atomic E-state index is 12.6. The van der Waals surface area contributed by atoms with Gasteiger partial charge in [-0.15, -0.1) is 0 Å². The molecule has 0 saturated heterocycles. The van der Waals surface area contributed by atoms with Crippen LogP contribution in [0.4, 0.5) is 5.82 Å². The Morgan fingerprint density at radius 3 is 2.45 bits per heavy atom. The quantitative estimate of drug-likeness (QED) is 0.721. The average Bonchev–Trinajstić information content (AvgIpc) is 2.97. The summed E-state index contributed by atoms with van der Waals surface area (Å²) in [6.45, 7) is 1.84. The van der Waals surface area contributed by atoms with Crippen LogP contribution in [-0.2, 0) is 9.59 Å². The van der Waals surface area contributed by atoms with Crippen molar-refractivity contribution in [3.05, 3.63) is 23.9 Å². The fourth-order valence-corrected chi connectivity index (χ4v) is 5.66. The van der Waals surface area contributed by atoms with Crippen LogP contribution in [0.1, 0.15) is 12.1 Å². The molecule has 2 N–H and O–H groups in total. The van der Waals surface area contributed by atoms with E-state index in [9.17, 15) is 14.7 Å². The van der Waals surface area contributed by atoms with Gasteiger partial charge in [0.05, 0.1) is 11.8 Å².